The molecule has 0 unspecified atom stereocenters. The lowest BCUT2D eigenvalue weighted by Crippen LogP contribution is -2.55. The van der Waals surface area contributed by atoms with Crippen LogP contribution in [0.15, 0.2) is 48.5 Å². The fourth-order valence-electron chi connectivity index (χ4n) is 5.44. The summed E-state index contributed by atoms with van der Waals surface area (Å²) < 4.78 is 44.9. The maximum atomic E-state index is 13.2. The molecule has 0 saturated heterocycles. The van der Waals surface area contributed by atoms with E-state index in [1.807, 2.05) is 12.1 Å². The van der Waals surface area contributed by atoms with Gasteiger partial charge in [-0.3, -0.25) is 4.79 Å². The van der Waals surface area contributed by atoms with E-state index in [1.165, 1.54) is 31.7 Å². The molecular weight excluding hydrogens is 542 g/mol. The summed E-state index contributed by atoms with van der Waals surface area (Å²) in [6.07, 6.45) is 4.90. The molecule has 0 heterocycles. The summed E-state index contributed by atoms with van der Waals surface area (Å²) in [5, 5.41) is 17.0. The highest BCUT2D eigenvalue weighted by molar-refractivity contribution is 5.96. The van der Waals surface area contributed by atoms with Crippen LogP contribution in [0.1, 0.15) is 74.2 Å². The number of rotatable bonds is 7. The van der Waals surface area contributed by atoms with E-state index in [-0.39, 0.29) is 29.7 Å². The molecule has 11 heteroatoms. The van der Waals surface area contributed by atoms with Gasteiger partial charge >= 0.3 is 18.2 Å². The Kier molecular flexibility index (Phi) is 11.7. The van der Waals surface area contributed by atoms with Gasteiger partial charge in [0.1, 0.15) is 5.82 Å². The standard InChI is InChI=1S/C28H36FN3O2.C2HF3O2/c1-19(33)22-5-4-6-25(18-22)31-28(34)32-27-8-3-2-7-26(27)30-24-15-11-21(12-16-24)17-20-9-13-23(29)14-10-20;3-2(4,5)1(6)7/h4-6,9-10,13-14,18,21,24,26-27,30H,2-3,7-8,11-12,15-17H2,1H3,(H2,31,32,34);(H,6,7)/t21-,24+,26-,27-;/m0./s1. The molecule has 2 atom stereocenters. The molecule has 0 bridgehead atoms. The first-order chi connectivity index (χ1) is 19.4. The van der Waals surface area contributed by atoms with Crippen molar-refractivity contribution in [3.05, 3.63) is 65.5 Å². The van der Waals surface area contributed by atoms with E-state index in [2.05, 4.69) is 16.0 Å². The molecule has 41 heavy (non-hydrogen) atoms. The van der Waals surface area contributed by atoms with Gasteiger partial charge < -0.3 is 21.1 Å². The summed E-state index contributed by atoms with van der Waals surface area (Å²) in [7, 11) is 0. The van der Waals surface area contributed by atoms with Crippen molar-refractivity contribution in [2.45, 2.75) is 89.0 Å². The Balaban J connectivity index is 0.000000587. The Morgan fingerprint density at radius 1 is 0.902 bits per heavy atom. The first-order valence-corrected chi connectivity index (χ1v) is 13.9. The van der Waals surface area contributed by atoms with Crippen LogP contribution in [0.2, 0.25) is 0 Å². The van der Waals surface area contributed by atoms with Crippen molar-refractivity contribution >= 4 is 23.5 Å². The van der Waals surface area contributed by atoms with Crippen LogP contribution >= 0.6 is 0 Å². The van der Waals surface area contributed by atoms with Gasteiger partial charge in [-0.25, -0.2) is 14.0 Å². The number of halogens is 4. The molecule has 2 aromatic rings. The number of alkyl halides is 3. The molecule has 0 radical (unpaired) electrons. The molecule has 224 valence electrons. The summed E-state index contributed by atoms with van der Waals surface area (Å²) in [5.74, 6) is -2.30. The number of Topliss-reactive ketones (excluding diaryl/α,β-unsaturated/α-hetero) is 1. The minimum atomic E-state index is -5.08. The zero-order valence-corrected chi connectivity index (χ0v) is 23.0. The number of carboxylic acids is 1. The number of hydrogen-bond acceptors (Lipinski definition) is 4. The summed E-state index contributed by atoms with van der Waals surface area (Å²) >= 11 is 0. The molecule has 0 aromatic heterocycles. The molecule has 7 nitrogen and oxygen atoms in total. The minimum Gasteiger partial charge on any atom is -0.475 e. The van der Waals surface area contributed by atoms with Crippen LogP contribution < -0.4 is 16.0 Å². The maximum Gasteiger partial charge on any atom is 0.490 e. The van der Waals surface area contributed by atoms with Gasteiger partial charge in [0, 0.05) is 29.4 Å². The van der Waals surface area contributed by atoms with Crippen LogP contribution in [0.5, 0.6) is 0 Å². The SMILES string of the molecule is CC(=O)c1cccc(NC(=O)N[C@H]2CCCC[C@@H]2N[C@H]2CC[C@@H](Cc3ccc(F)cc3)CC2)c1.O=C(O)C(F)(F)F. The van der Waals surface area contributed by atoms with Gasteiger partial charge in [0.15, 0.2) is 5.78 Å². The van der Waals surface area contributed by atoms with E-state index in [1.54, 1.807) is 36.4 Å². The number of ketones is 1. The number of benzene rings is 2. The number of carboxylic acid groups (broad SMARTS) is 1. The quantitative estimate of drug-likeness (QED) is 0.222. The molecule has 4 rings (SSSR count). The number of carbonyl (C=O) groups excluding carboxylic acids is 2. The topological polar surface area (TPSA) is 108 Å². The molecule has 2 amide bonds. The number of hydrogen-bond donors (Lipinski definition) is 4. The highest BCUT2D eigenvalue weighted by atomic mass is 19.4. The summed E-state index contributed by atoms with van der Waals surface area (Å²) in [6.45, 7) is 1.52. The molecule has 2 aromatic carbocycles. The molecule has 0 aliphatic heterocycles. The van der Waals surface area contributed by atoms with Crippen molar-refractivity contribution in [1.82, 2.24) is 10.6 Å². The number of nitrogens with one attached hydrogen (secondary N) is 3. The predicted molar refractivity (Wildman–Crippen MR) is 147 cm³/mol. The van der Waals surface area contributed by atoms with Crippen LogP contribution in [0.4, 0.5) is 28.0 Å². The van der Waals surface area contributed by atoms with Gasteiger partial charge in [0.05, 0.1) is 0 Å². The zero-order valence-electron chi connectivity index (χ0n) is 23.0. The van der Waals surface area contributed by atoms with E-state index in [9.17, 15) is 27.2 Å². The Hall–Kier alpha value is -3.47. The van der Waals surface area contributed by atoms with Gasteiger partial charge in [-0.2, -0.15) is 13.2 Å². The molecule has 4 N–H and O–H groups in total. The van der Waals surface area contributed by atoms with E-state index < -0.39 is 12.1 Å². The second-order valence-electron chi connectivity index (χ2n) is 10.8. The predicted octanol–water partition coefficient (Wildman–Crippen LogP) is 6.49. The van der Waals surface area contributed by atoms with Crippen LogP contribution in [0, 0.1) is 11.7 Å². The molecule has 2 aliphatic carbocycles. The minimum absolute atomic E-state index is 0.0204. The van der Waals surface area contributed by atoms with Gasteiger partial charge in [0.2, 0.25) is 0 Å². The fourth-order valence-corrected chi connectivity index (χ4v) is 5.44. The second-order valence-corrected chi connectivity index (χ2v) is 10.8. The largest absolute Gasteiger partial charge is 0.490 e. The van der Waals surface area contributed by atoms with Crippen LogP contribution in [0.25, 0.3) is 0 Å². The lowest BCUT2D eigenvalue weighted by atomic mass is 9.81. The van der Waals surface area contributed by atoms with Gasteiger partial charge in [-0.15, -0.1) is 0 Å². The van der Waals surface area contributed by atoms with E-state index in [4.69, 9.17) is 9.90 Å². The summed E-state index contributed by atoms with van der Waals surface area (Å²) in [6, 6.07) is 14.6. The van der Waals surface area contributed by atoms with Gasteiger partial charge in [0.25, 0.3) is 0 Å². The number of aliphatic carboxylic acids is 1. The van der Waals surface area contributed by atoms with Gasteiger partial charge in [-0.05, 0) is 87.6 Å². The number of anilines is 1. The monoisotopic (exact) mass is 579 g/mol. The molecule has 2 fully saturated rings. The third kappa shape index (κ3) is 10.8. The Morgan fingerprint density at radius 3 is 2.10 bits per heavy atom. The number of amides is 2. The van der Waals surface area contributed by atoms with Crippen molar-refractivity contribution in [1.29, 1.82) is 0 Å². The van der Waals surface area contributed by atoms with Crippen molar-refractivity contribution in [2.75, 3.05) is 5.32 Å². The van der Waals surface area contributed by atoms with E-state index >= 15 is 0 Å². The summed E-state index contributed by atoms with van der Waals surface area (Å²) in [4.78, 5) is 33.2. The number of carbonyl (C=O) groups is 3. The van der Waals surface area contributed by atoms with E-state index in [0.29, 0.717) is 23.2 Å². The van der Waals surface area contributed by atoms with Crippen molar-refractivity contribution in [2.24, 2.45) is 5.92 Å². The van der Waals surface area contributed by atoms with Gasteiger partial charge in [-0.1, -0.05) is 37.1 Å². The first kappa shape index (κ1) is 32.0. The Morgan fingerprint density at radius 2 is 1.51 bits per heavy atom. The summed E-state index contributed by atoms with van der Waals surface area (Å²) in [5.41, 5.74) is 2.43. The van der Waals surface area contributed by atoms with Crippen LogP contribution in [-0.2, 0) is 11.2 Å². The lowest BCUT2D eigenvalue weighted by molar-refractivity contribution is -0.192. The zero-order chi connectivity index (χ0) is 30.0. The Bertz CT molecular complexity index is 1170. The van der Waals surface area contributed by atoms with E-state index in [0.717, 1.165) is 38.5 Å². The first-order valence-electron chi connectivity index (χ1n) is 13.9. The third-order valence-corrected chi connectivity index (χ3v) is 7.59. The van der Waals surface area contributed by atoms with Crippen molar-refractivity contribution < 1.29 is 37.1 Å². The fraction of sp³-hybridized carbons (Fsp3) is 0.500. The highest BCUT2D eigenvalue weighted by Gasteiger charge is 2.38. The van der Waals surface area contributed by atoms with Crippen molar-refractivity contribution in [3.63, 3.8) is 0 Å². The number of urea groups is 1. The normalized spacial score (nSPS) is 22.6. The second kappa shape index (κ2) is 15.0. The maximum absolute atomic E-state index is 13.2. The molecular formula is C30H37F4N3O4. The van der Waals surface area contributed by atoms with Crippen LogP contribution in [0.3, 0.4) is 0 Å². The molecule has 2 saturated carbocycles. The Labute approximate surface area is 237 Å². The smallest absolute Gasteiger partial charge is 0.475 e. The average molecular weight is 580 g/mol. The lowest BCUT2D eigenvalue weighted by Gasteiger charge is -2.38. The molecule has 0 spiro atoms. The highest BCUT2D eigenvalue weighted by Crippen LogP contribution is 2.29. The third-order valence-electron chi connectivity index (χ3n) is 7.59. The average Bonchev–Trinajstić information content (AvgIpc) is 2.92. The van der Waals surface area contributed by atoms with Crippen molar-refractivity contribution in [3.8, 4) is 0 Å². The molecule has 2 aliphatic rings. The van der Waals surface area contributed by atoms with Crippen LogP contribution in [-0.4, -0.2) is 47.2 Å².